The van der Waals surface area contributed by atoms with Gasteiger partial charge in [-0.1, -0.05) is 18.9 Å². The Hall–Kier alpha value is -2.17. The van der Waals surface area contributed by atoms with E-state index in [2.05, 4.69) is 5.32 Å². The van der Waals surface area contributed by atoms with Gasteiger partial charge in [0.2, 0.25) is 5.91 Å². The molecule has 0 radical (unpaired) electrons. The number of benzene rings is 1. The molecule has 0 atom stereocenters. The van der Waals surface area contributed by atoms with Gasteiger partial charge < -0.3 is 5.32 Å². The van der Waals surface area contributed by atoms with Crippen LogP contribution in [0.1, 0.15) is 46.4 Å². The lowest BCUT2D eigenvalue weighted by molar-refractivity contribution is -0.119. The van der Waals surface area contributed by atoms with Gasteiger partial charge in [0.25, 0.3) is 11.8 Å². The minimum atomic E-state index is -0.354. The van der Waals surface area contributed by atoms with Crippen LogP contribution in [-0.2, 0) is 4.79 Å². The second-order valence-corrected chi connectivity index (χ2v) is 5.37. The molecule has 1 aromatic carbocycles. The standard InChI is InChI=1S/C15H16N2O3/c1-17-14(19)10-7-4-8-11(12(10)15(17)20)16-13(18)9-5-2-3-6-9/h4,7-9H,2-3,5-6H2,1H3,(H,16,18). The molecule has 0 unspecified atom stereocenters. The maximum absolute atomic E-state index is 12.2. The summed E-state index contributed by atoms with van der Waals surface area (Å²) >= 11 is 0. The van der Waals surface area contributed by atoms with Crippen molar-refractivity contribution >= 4 is 23.4 Å². The maximum atomic E-state index is 12.2. The molecule has 0 saturated heterocycles. The Bertz CT molecular complexity index is 603. The van der Waals surface area contributed by atoms with Gasteiger partial charge in [-0.25, -0.2) is 0 Å². The van der Waals surface area contributed by atoms with E-state index in [0.717, 1.165) is 30.6 Å². The Kier molecular flexibility index (Phi) is 3.04. The lowest BCUT2D eigenvalue weighted by Gasteiger charge is -2.12. The summed E-state index contributed by atoms with van der Waals surface area (Å²) in [6, 6.07) is 4.98. The van der Waals surface area contributed by atoms with E-state index in [9.17, 15) is 14.4 Å². The van der Waals surface area contributed by atoms with Crippen LogP contribution in [0, 0.1) is 5.92 Å². The molecule has 1 aromatic rings. The van der Waals surface area contributed by atoms with Gasteiger partial charge >= 0.3 is 0 Å². The summed E-state index contributed by atoms with van der Waals surface area (Å²) in [4.78, 5) is 37.2. The summed E-state index contributed by atoms with van der Waals surface area (Å²) in [5.41, 5.74) is 1.12. The summed E-state index contributed by atoms with van der Waals surface area (Å²) in [5.74, 6) is -0.698. The van der Waals surface area contributed by atoms with Gasteiger partial charge in [-0.3, -0.25) is 19.3 Å². The molecule has 20 heavy (non-hydrogen) atoms. The van der Waals surface area contributed by atoms with Gasteiger partial charge in [0.1, 0.15) is 0 Å². The number of nitrogens with zero attached hydrogens (tertiary/aromatic N) is 1. The summed E-state index contributed by atoms with van der Waals surface area (Å²) in [5, 5.41) is 2.82. The molecule has 0 aromatic heterocycles. The number of anilines is 1. The van der Waals surface area contributed by atoms with Gasteiger partial charge in [0.15, 0.2) is 0 Å². The highest BCUT2D eigenvalue weighted by atomic mass is 16.2. The lowest BCUT2D eigenvalue weighted by Crippen LogP contribution is -2.25. The van der Waals surface area contributed by atoms with E-state index >= 15 is 0 Å². The molecule has 1 aliphatic heterocycles. The van der Waals surface area contributed by atoms with Gasteiger partial charge in [-0.2, -0.15) is 0 Å². The number of rotatable bonds is 2. The minimum absolute atomic E-state index is 0.0239. The third kappa shape index (κ3) is 1.90. The van der Waals surface area contributed by atoms with E-state index in [1.54, 1.807) is 18.2 Å². The van der Waals surface area contributed by atoms with Crippen LogP contribution in [0.4, 0.5) is 5.69 Å². The van der Waals surface area contributed by atoms with Crippen LogP contribution in [0.3, 0.4) is 0 Å². The average Bonchev–Trinajstić information content (AvgIpc) is 3.05. The molecule has 5 nitrogen and oxygen atoms in total. The molecule has 104 valence electrons. The van der Waals surface area contributed by atoms with Crippen LogP contribution >= 0.6 is 0 Å². The highest BCUT2D eigenvalue weighted by Crippen LogP contribution is 2.30. The predicted octanol–water partition coefficient (Wildman–Crippen LogP) is 2.04. The highest BCUT2D eigenvalue weighted by molar-refractivity contribution is 6.24. The molecule has 3 amide bonds. The van der Waals surface area contributed by atoms with Crippen molar-refractivity contribution in [3.05, 3.63) is 29.3 Å². The number of amides is 3. The smallest absolute Gasteiger partial charge is 0.263 e. The van der Waals surface area contributed by atoms with Crippen molar-refractivity contribution in [1.29, 1.82) is 0 Å². The first-order chi connectivity index (χ1) is 9.59. The highest BCUT2D eigenvalue weighted by Gasteiger charge is 2.35. The Labute approximate surface area is 116 Å². The summed E-state index contributed by atoms with van der Waals surface area (Å²) in [7, 11) is 1.45. The fraction of sp³-hybridized carbons (Fsp3) is 0.400. The normalized spacial score (nSPS) is 18.6. The van der Waals surface area contributed by atoms with Crippen molar-refractivity contribution in [1.82, 2.24) is 4.90 Å². The Balaban J connectivity index is 1.90. The van der Waals surface area contributed by atoms with Crippen molar-refractivity contribution in [3.63, 3.8) is 0 Å². The number of hydrogen-bond acceptors (Lipinski definition) is 3. The third-order valence-corrected chi connectivity index (χ3v) is 4.10. The van der Waals surface area contributed by atoms with Gasteiger partial charge in [0.05, 0.1) is 16.8 Å². The van der Waals surface area contributed by atoms with Crippen LogP contribution in [0.2, 0.25) is 0 Å². The summed E-state index contributed by atoms with van der Waals surface area (Å²) < 4.78 is 0. The molecule has 0 bridgehead atoms. The van der Waals surface area contributed by atoms with E-state index in [4.69, 9.17) is 0 Å². The van der Waals surface area contributed by atoms with E-state index in [1.165, 1.54) is 7.05 Å². The topological polar surface area (TPSA) is 66.5 Å². The number of carbonyl (C=O) groups excluding carboxylic acids is 3. The van der Waals surface area contributed by atoms with Crippen LogP contribution < -0.4 is 5.32 Å². The minimum Gasteiger partial charge on any atom is -0.325 e. The lowest BCUT2D eigenvalue weighted by atomic mass is 10.0. The molecule has 1 N–H and O–H groups in total. The SMILES string of the molecule is CN1C(=O)c2cccc(NC(=O)C3CCCC3)c2C1=O. The number of carbonyl (C=O) groups is 3. The van der Waals surface area contributed by atoms with Gasteiger partial charge in [-0.05, 0) is 25.0 Å². The van der Waals surface area contributed by atoms with Crippen LogP contribution in [0.15, 0.2) is 18.2 Å². The Morgan fingerprint density at radius 2 is 1.90 bits per heavy atom. The molecule has 3 rings (SSSR count). The van der Waals surface area contributed by atoms with Crippen LogP contribution in [-0.4, -0.2) is 29.7 Å². The molecule has 1 fully saturated rings. The van der Waals surface area contributed by atoms with Crippen molar-refractivity contribution in [2.24, 2.45) is 5.92 Å². The van der Waals surface area contributed by atoms with Crippen molar-refractivity contribution in [2.45, 2.75) is 25.7 Å². The second-order valence-electron chi connectivity index (χ2n) is 5.37. The molecule has 1 heterocycles. The molecular weight excluding hydrogens is 256 g/mol. The van der Waals surface area contributed by atoms with Crippen molar-refractivity contribution < 1.29 is 14.4 Å². The van der Waals surface area contributed by atoms with E-state index in [0.29, 0.717) is 16.8 Å². The van der Waals surface area contributed by atoms with E-state index in [-0.39, 0.29) is 23.6 Å². The first-order valence-electron chi connectivity index (χ1n) is 6.86. The fourth-order valence-electron chi connectivity index (χ4n) is 2.93. The van der Waals surface area contributed by atoms with Crippen LogP contribution in [0.5, 0.6) is 0 Å². The first-order valence-corrected chi connectivity index (χ1v) is 6.86. The number of nitrogens with one attached hydrogen (secondary N) is 1. The second kappa shape index (κ2) is 4.74. The maximum Gasteiger partial charge on any atom is 0.263 e. The number of imide groups is 1. The van der Waals surface area contributed by atoms with E-state index < -0.39 is 0 Å². The quantitative estimate of drug-likeness (QED) is 0.838. The number of hydrogen-bond donors (Lipinski definition) is 1. The zero-order valence-electron chi connectivity index (χ0n) is 11.3. The third-order valence-electron chi connectivity index (χ3n) is 4.10. The number of fused-ring (bicyclic) bond motifs is 1. The zero-order chi connectivity index (χ0) is 14.3. The molecule has 1 saturated carbocycles. The molecule has 0 spiro atoms. The van der Waals surface area contributed by atoms with Crippen molar-refractivity contribution in [2.75, 3.05) is 12.4 Å². The Morgan fingerprint density at radius 1 is 1.20 bits per heavy atom. The summed E-state index contributed by atoms with van der Waals surface area (Å²) in [6.07, 6.45) is 3.94. The monoisotopic (exact) mass is 272 g/mol. The van der Waals surface area contributed by atoms with Gasteiger partial charge in [0, 0.05) is 13.0 Å². The van der Waals surface area contributed by atoms with Crippen LogP contribution in [0.25, 0.3) is 0 Å². The fourth-order valence-corrected chi connectivity index (χ4v) is 2.93. The molecular formula is C15H16N2O3. The van der Waals surface area contributed by atoms with Crippen molar-refractivity contribution in [3.8, 4) is 0 Å². The van der Waals surface area contributed by atoms with E-state index in [1.807, 2.05) is 0 Å². The molecule has 1 aliphatic carbocycles. The molecule has 5 heteroatoms. The summed E-state index contributed by atoms with van der Waals surface area (Å²) in [6.45, 7) is 0. The Morgan fingerprint density at radius 3 is 2.60 bits per heavy atom. The van der Waals surface area contributed by atoms with Gasteiger partial charge in [-0.15, -0.1) is 0 Å². The molecule has 2 aliphatic rings. The largest absolute Gasteiger partial charge is 0.325 e. The predicted molar refractivity (Wildman–Crippen MR) is 73.5 cm³/mol. The first kappa shape index (κ1) is 12.8. The average molecular weight is 272 g/mol. The zero-order valence-corrected chi connectivity index (χ0v) is 11.3.